The van der Waals surface area contributed by atoms with E-state index in [-0.39, 0.29) is 12.6 Å². The fourth-order valence-corrected chi connectivity index (χ4v) is 2.00. The number of carbonyl (C=O) groups is 1. The molecular weight excluding hydrogens is 308 g/mol. The lowest BCUT2D eigenvalue weighted by Gasteiger charge is -2.00. The van der Waals surface area contributed by atoms with Gasteiger partial charge in [-0.1, -0.05) is 16.8 Å². The number of nitrogens with one attached hydrogen (secondary N) is 1. The molecule has 0 atom stereocenters. The van der Waals surface area contributed by atoms with Crippen LogP contribution in [0, 0.1) is 0 Å². The molecule has 7 heteroatoms. The van der Waals surface area contributed by atoms with Crippen molar-refractivity contribution in [3.8, 4) is 11.5 Å². The molecule has 3 rings (SSSR count). The molecule has 112 valence electrons. The number of benzene rings is 2. The third kappa shape index (κ3) is 2.96. The van der Waals surface area contributed by atoms with Gasteiger partial charge in [0.05, 0.1) is 11.1 Å². The van der Waals surface area contributed by atoms with Crippen molar-refractivity contribution >= 4 is 23.4 Å². The van der Waals surface area contributed by atoms with Gasteiger partial charge in [0.2, 0.25) is 6.79 Å². The van der Waals surface area contributed by atoms with Gasteiger partial charge in [-0.05, 0) is 42.5 Å². The first-order valence-electron chi connectivity index (χ1n) is 6.39. The van der Waals surface area contributed by atoms with E-state index in [0.717, 1.165) is 0 Å². The summed E-state index contributed by atoms with van der Waals surface area (Å²) >= 11 is 5.79. The van der Waals surface area contributed by atoms with Gasteiger partial charge in [-0.2, -0.15) is 0 Å². The molecule has 0 unspecified atom stereocenters. The van der Waals surface area contributed by atoms with Gasteiger partial charge in [-0.15, -0.1) is 0 Å². The summed E-state index contributed by atoms with van der Waals surface area (Å²) in [5, 5.41) is 3.01. The first-order valence-corrected chi connectivity index (χ1v) is 6.76. The molecule has 1 aliphatic heterocycles. The average Bonchev–Trinajstić information content (AvgIpc) is 3.00. The van der Waals surface area contributed by atoms with Gasteiger partial charge >= 0.3 is 11.8 Å². The summed E-state index contributed by atoms with van der Waals surface area (Å²) in [6, 6.07) is 11.6. The number of hydrogen-bond acceptors (Lipinski definition) is 4. The van der Waals surface area contributed by atoms with Gasteiger partial charge in [0.1, 0.15) is 0 Å². The van der Waals surface area contributed by atoms with Crippen molar-refractivity contribution in [3.05, 3.63) is 58.6 Å². The second-order valence-electron chi connectivity index (χ2n) is 4.48. The Morgan fingerprint density at radius 3 is 2.55 bits per heavy atom. The van der Waals surface area contributed by atoms with Crippen molar-refractivity contribution in [2.75, 3.05) is 6.79 Å². The lowest BCUT2D eigenvalue weighted by atomic mass is 10.2. The minimum Gasteiger partial charge on any atom is -0.454 e. The third-order valence-corrected chi connectivity index (χ3v) is 3.27. The summed E-state index contributed by atoms with van der Waals surface area (Å²) in [6.45, 7) is 0.142. The van der Waals surface area contributed by atoms with Crippen LogP contribution in [0.5, 0.6) is 11.5 Å². The highest BCUT2D eigenvalue weighted by Gasteiger charge is 2.18. The molecule has 6 nitrogen and oxygen atoms in total. The second kappa shape index (κ2) is 5.95. The molecule has 0 aliphatic carbocycles. The molecule has 1 heterocycles. The topological polar surface area (TPSA) is 84.8 Å². The number of halogens is 1. The average molecular weight is 320 g/mol. The molecule has 0 fully saturated rings. The molecule has 0 aromatic heterocycles. The van der Waals surface area contributed by atoms with Crippen molar-refractivity contribution in [2.45, 2.75) is 0 Å². The molecule has 0 amide bonds. The van der Waals surface area contributed by atoms with Crippen molar-refractivity contribution in [2.24, 2.45) is 5.73 Å². The maximum absolute atomic E-state index is 12.0. The standard InChI is InChI=1S/C15H11ClN2O4/c16-11-4-1-9(2-5-11)14(17)18-22-15(19)10-3-6-12-13(7-10)21-8-20-12/h1-7H,8H2,(H2,17,18)/p+1. The van der Waals surface area contributed by atoms with E-state index in [1.807, 2.05) is 0 Å². The number of rotatable bonds is 3. The predicted octanol–water partition coefficient (Wildman–Crippen LogP) is 0.627. The predicted molar refractivity (Wildman–Crippen MR) is 78.7 cm³/mol. The van der Waals surface area contributed by atoms with E-state index < -0.39 is 5.97 Å². The minimum absolute atomic E-state index is 0.142. The zero-order chi connectivity index (χ0) is 15.5. The normalized spacial score (nSPS) is 13.0. The van der Waals surface area contributed by atoms with Gasteiger partial charge < -0.3 is 9.47 Å². The molecule has 0 spiro atoms. The summed E-state index contributed by atoms with van der Waals surface area (Å²) in [7, 11) is 0. The van der Waals surface area contributed by atoms with Gasteiger partial charge in [-0.25, -0.2) is 4.79 Å². The van der Waals surface area contributed by atoms with Crippen LogP contribution in [0.1, 0.15) is 15.9 Å². The Morgan fingerprint density at radius 1 is 1.09 bits per heavy atom. The van der Waals surface area contributed by atoms with Crippen molar-refractivity contribution in [1.29, 1.82) is 0 Å². The summed E-state index contributed by atoms with van der Waals surface area (Å²) in [6.07, 6.45) is 0. The summed E-state index contributed by atoms with van der Waals surface area (Å²) in [5.74, 6) is 0.710. The number of carbonyl (C=O) groups excluding carboxylic acids is 1. The largest absolute Gasteiger partial charge is 0.454 e. The Bertz CT molecular complexity index is 744. The minimum atomic E-state index is -0.588. The van der Waals surface area contributed by atoms with Crippen LogP contribution in [0.15, 0.2) is 42.5 Å². The summed E-state index contributed by atoms with van der Waals surface area (Å²) < 4.78 is 10.4. The first-order chi connectivity index (χ1) is 10.6. The van der Waals surface area contributed by atoms with Crippen LogP contribution in [0.25, 0.3) is 0 Å². The van der Waals surface area contributed by atoms with Gasteiger partial charge in [-0.3, -0.25) is 10.6 Å². The number of amidine groups is 1. The zero-order valence-electron chi connectivity index (χ0n) is 11.3. The maximum atomic E-state index is 12.0. The van der Waals surface area contributed by atoms with E-state index in [0.29, 0.717) is 27.6 Å². The van der Waals surface area contributed by atoms with Crippen molar-refractivity contribution in [3.63, 3.8) is 0 Å². The van der Waals surface area contributed by atoms with Crippen LogP contribution in [-0.4, -0.2) is 18.6 Å². The number of fused-ring (bicyclic) bond motifs is 1. The van der Waals surface area contributed by atoms with E-state index in [9.17, 15) is 4.79 Å². The maximum Gasteiger partial charge on any atom is 0.388 e. The lowest BCUT2D eigenvalue weighted by molar-refractivity contribution is -0.721. The molecule has 1 aliphatic rings. The van der Waals surface area contributed by atoms with Gasteiger partial charge in [0, 0.05) is 5.02 Å². The van der Waals surface area contributed by atoms with Crippen molar-refractivity contribution in [1.82, 2.24) is 0 Å². The van der Waals surface area contributed by atoms with Crippen LogP contribution in [-0.2, 0) is 4.84 Å². The fourth-order valence-electron chi connectivity index (χ4n) is 1.87. The SMILES string of the molecule is NC(=[NH+]OC(=O)c1ccc2c(c1)OCO2)c1ccc(Cl)cc1. The Balaban J connectivity index is 1.71. The van der Waals surface area contributed by atoms with E-state index in [4.69, 9.17) is 31.6 Å². The molecule has 0 radical (unpaired) electrons. The second-order valence-corrected chi connectivity index (χ2v) is 4.92. The molecule has 0 saturated carbocycles. The monoisotopic (exact) mass is 319 g/mol. The molecule has 0 bridgehead atoms. The number of nitrogens with two attached hydrogens (primary N) is 1. The summed E-state index contributed by atoms with van der Waals surface area (Å²) in [4.78, 5) is 16.9. The molecule has 0 saturated heterocycles. The Labute approximate surface area is 131 Å². The number of ether oxygens (including phenoxy) is 2. The highest BCUT2D eigenvalue weighted by Crippen LogP contribution is 2.32. The molecular formula is C15H12ClN2O4+. The van der Waals surface area contributed by atoms with E-state index in [1.54, 1.807) is 42.5 Å². The highest BCUT2D eigenvalue weighted by atomic mass is 35.5. The molecule has 2 aromatic rings. The van der Waals surface area contributed by atoms with Crippen LogP contribution < -0.4 is 20.4 Å². The number of hydrogen-bond donors (Lipinski definition) is 2. The number of nitrogen functional groups attached to an aromatic ring is 1. The smallest absolute Gasteiger partial charge is 0.388 e. The van der Waals surface area contributed by atoms with Crippen LogP contribution in [0.2, 0.25) is 5.02 Å². The molecule has 2 aromatic carbocycles. The lowest BCUT2D eigenvalue weighted by Crippen LogP contribution is -2.75. The Morgan fingerprint density at radius 2 is 1.77 bits per heavy atom. The first kappa shape index (κ1) is 14.2. The molecule has 3 N–H and O–H groups in total. The van der Waals surface area contributed by atoms with Crippen LogP contribution in [0.3, 0.4) is 0 Å². The van der Waals surface area contributed by atoms with E-state index in [2.05, 4.69) is 5.16 Å². The Kier molecular flexibility index (Phi) is 3.84. The van der Waals surface area contributed by atoms with E-state index >= 15 is 0 Å². The van der Waals surface area contributed by atoms with Gasteiger partial charge in [0.25, 0.3) is 0 Å². The quantitative estimate of drug-likeness (QED) is 0.375. The highest BCUT2D eigenvalue weighted by molar-refractivity contribution is 6.30. The van der Waals surface area contributed by atoms with Crippen molar-refractivity contribution < 1.29 is 24.3 Å². The fraction of sp³-hybridized carbons (Fsp3) is 0.0667. The third-order valence-electron chi connectivity index (χ3n) is 3.02. The van der Waals surface area contributed by atoms with Crippen LogP contribution in [0.4, 0.5) is 0 Å². The van der Waals surface area contributed by atoms with Crippen LogP contribution >= 0.6 is 11.6 Å². The van der Waals surface area contributed by atoms with Gasteiger partial charge in [0.15, 0.2) is 11.5 Å². The molecule has 22 heavy (non-hydrogen) atoms. The zero-order valence-corrected chi connectivity index (χ0v) is 12.1. The summed E-state index contributed by atoms with van der Waals surface area (Å²) in [5.41, 5.74) is 6.78. The van der Waals surface area contributed by atoms with E-state index in [1.165, 1.54) is 0 Å². The Hall–Kier alpha value is -2.73.